The first-order valence-corrected chi connectivity index (χ1v) is 8.09. The first kappa shape index (κ1) is 22.8. The molecule has 0 saturated carbocycles. The molecule has 3 N–H and O–H groups in total. The summed E-state index contributed by atoms with van der Waals surface area (Å²) in [6, 6.07) is 3.20. The molecule has 24 heavy (non-hydrogen) atoms. The molecular weight excluding hydrogens is 351 g/mol. The molecule has 0 heterocycles. The van der Waals surface area contributed by atoms with Crippen LogP contribution in [0.4, 0.5) is 0 Å². The van der Waals surface area contributed by atoms with Crippen molar-refractivity contribution in [2.45, 2.75) is 39.7 Å². The summed E-state index contributed by atoms with van der Waals surface area (Å²) in [7, 11) is 1.52. The molecule has 1 aromatic rings. The molecule has 7 heteroatoms. The van der Waals surface area contributed by atoms with Crippen LogP contribution in [0, 0.1) is 5.92 Å². The molecule has 0 aromatic heterocycles. The quantitative estimate of drug-likeness (QED) is 0.723. The molecule has 1 amide bonds. The van der Waals surface area contributed by atoms with E-state index in [0.717, 1.165) is 6.42 Å². The number of rotatable bonds is 8. The van der Waals surface area contributed by atoms with Crippen molar-refractivity contribution < 1.29 is 14.3 Å². The van der Waals surface area contributed by atoms with E-state index in [9.17, 15) is 4.79 Å². The maximum atomic E-state index is 12.2. The minimum atomic E-state index is -0.483. The summed E-state index contributed by atoms with van der Waals surface area (Å²) in [4.78, 5) is 12.2. The molecule has 0 spiro atoms. The van der Waals surface area contributed by atoms with Crippen molar-refractivity contribution >= 4 is 29.9 Å². The molecule has 0 radical (unpaired) electrons. The van der Waals surface area contributed by atoms with Gasteiger partial charge in [0.2, 0.25) is 0 Å². The largest absolute Gasteiger partial charge is 0.493 e. The molecule has 5 nitrogen and oxygen atoms in total. The Bertz CT molecular complexity index is 543. The van der Waals surface area contributed by atoms with Gasteiger partial charge in [0.05, 0.1) is 18.7 Å². The lowest BCUT2D eigenvalue weighted by atomic mass is 10.1. The molecule has 0 saturated heterocycles. The lowest BCUT2D eigenvalue weighted by molar-refractivity contribution is 0.0945. The SMILES string of the molecule is COc1cc(C(=O)NCC(C)(C)N)cc(Cl)c1OCCC(C)C.Cl. The van der Waals surface area contributed by atoms with E-state index >= 15 is 0 Å². The molecular formula is C17H28Cl2N2O3. The van der Waals surface area contributed by atoms with E-state index in [4.69, 9.17) is 26.8 Å². The summed E-state index contributed by atoms with van der Waals surface area (Å²) in [6.45, 7) is 8.82. The van der Waals surface area contributed by atoms with Crippen LogP contribution >= 0.6 is 24.0 Å². The van der Waals surface area contributed by atoms with Crippen molar-refractivity contribution in [2.24, 2.45) is 11.7 Å². The van der Waals surface area contributed by atoms with Gasteiger partial charge in [-0.3, -0.25) is 4.79 Å². The van der Waals surface area contributed by atoms with Crippen molar-refractivity contribution in [1.82, 2.24) is 5.32 Å². The number of ether oxygens (including phenoxy) is 2. The van der Waals surface area contributed by atoms with Gasteiger partial charge in [0, 0.05) is 17.6 Å². The summed E-state index contributed by atoms with van der Waals surface area (Å²) < 4.78 is 11.0. The van der Waals surface area contributed by atoms with E-state index in [0.29, 0.717) is 41.2 Å². The van der Waals surface area contributed by atoms with Crippen molar-refractivity contribution in [1.29, 1.82) is 0 Å². The van der Waals surface area contributed by atoms with E-state index in [1.54, 1.807) is 12.1 Å². The van der Waals surface area contributed by atoms with Gasteiger partial charge in [-0.2, -0.15) is 0 Å². The summed E-state index contributed by atoms with van der Waals surface area (Å²) in [6.07, 6.45) is 0.910. The minimum Gasteiger partial charge on any atom is -0.493 e. The van der Waals surface area contributed by atoms with Crippen molar-refractivity contribution in [3.63, 3.8) is 0 Å². The predicted molar refractivity (Wildman–Crippen MR) is 101 cm³/mol. The fourth-order valence-electron chi connectivity index (χ4n) is 1.80. The highest BCUT2D eigenvalue weighted by Crippen LogP contribution is 2.36. The van der Waals surface area contributed by atoms with Crippen LogP contribution in [-0.4, -0.2) is 31.7 Å². The maximum Gasteiger partial charge on any atom is 0.251 e. The summed E-state index contributed by atoms with van der Waals surface area (Å²) in [5, 5.41) is 3.13. The standard InChI is InChI=1S/C17H27ClN2O3.ClH/c1-11(2)6-7-23-15-13(18)8-12(9-14(15)22-5)16(21)20-10-17(3,4)19;/h8-9,11H,6-7,10,19H2,1-5H3,(H,20,21);1H. The fourth-order valence-corrected chi connectivity index (χ4v) is 2.06. The van der Waals surface area contributed by atoms with Crippen LogP contribution < -0.4 is 20.5 Å². The van der Waals surface area contributed by atoms with Gasteiger partial charge in [0.1, 0.15) is 0 Å². The van der Waals surface area contributed by atoms with E-state index in [1.807, 2.05) is 13.8 Å². The smallest absolute Gasteiger partial charge is 0.251 e. The zero-order chi connectivity index (χ0) is 17.6. The molecule has 0 unspecified atom stereocenters. The van der Waals surface area contributed by atoms with E-state index < -0.39 is 5.54 Å². The Balaban J connectivity index is 0.00000529. The zero-order valence-corrected chi connectivity index (χ0v) is 16.5. The molecule has 0 fully saturated rings. The Labute approximate surface area is 155 Å². The van der Waals surface area contributed by atoms with Gasteiger partial charge in [-0.25, -0.2) is 0 Å². The number of nitrogens with two attached hydrogens (primary N) is 1. The Hall–Kier alpha value is -1.17. The van der Waals surface area contributed by atoms with E-state index in [-0.39, 0.29) is 18.3 Å². The van der Waals surface area contributed by atoms with E-state index in [1.165, 1.54) is 7.11 Å². The van der Waals surface area contributed by atoms with Crippen LogP contribution in [0.1, 0.15) is 44.5 Å². The number of hydrogen-bond acceptors (Lipinski definition) is 4. The first-order chi connectivity index (χ1) is 10.6. The first-order valence-electron chi connectivity index (χ1n) is 7.71. The molecule has 0 atom stereocenters. The maximum absolute atomic E-state index is 12.2. The number of amides is 1. The fraction of sp³-hybridized carbons (Fsp3) is 0.588. The second-order valence-corrected chi connectivity index (χ2v) is 7.10. The van der Waals surface area contributed by atoms with Gasteiger partial charge in [0.15, 0.2) is 11.5 Å². The average Bonchev–Trinajstić information content (AvgIpc) is 2.44. The van der Waals surface area contributed by atoms with Crippen molar-refractivity contribution in [3.8, 4) is 11.5 Å². The Morgan fingerprint density at radius 2 is 2.00 bits per heavy atom. The van der Waals surface area contributed by atoms with Gasteiger partial charge in [0.25, 0.3) is 5.91 Å². The van der Waals surface area contributed by atoms with Crippen LogP contribution in [0.25, 0.3) is 0 Å². The average molecular weight is 379 g/mol. The molecule has 0 aliphatic heterocycles. The van der Waals surface area contributed by atoms with Crippen LogP contribution in [0.3, 0.4) is 0 Å². The van der Waals surface area contributed by atoms with Gasteiger partial charge in [-0.15, -0.1) is 12.4 Å². The molecule has 1 rings (SSSR count). The molecule has 0 bridgehead atoms. The van der Waals surface area contributed by atoms with Crippen LogP contribution in [0.5, 0.6) is 11.5 Å². The zero-order valence-electron chi connectivity index (χ0n) is 14.9. The Morgan fingerprint density at radius 3 is 2.50 bits per heavy atom. The highest BCUT2D eigenvalue weighted by atomic mass is 35.5. The highest BCUT2D eigenvalue weighted by Gasteiger charge is 2.18. The lowest BCUT2D eigenvalue weighted by Gasteiger charge is -2.19. The van der Waals surface area contributed by atoms with Gasteiger partial charge in [-0.05, 0) is 38.3 Å². The number of carbonyl (C=O) groups is 1. The molecule has 0 aliphatic carbocycles. The third-order valence-corrected chi connectivity index (χ3v) is 3.42. The van der Waals surface area contributed by atoms with E-state index in [2.05, 4.69) is 19.2 Å². The van der Waals surface area contributed by atoms with Crippen molar-refractivity contribution in [2.75, 3.05) is 20.3 Å². The highest BCUT2D eigenvalue weighted by molar-refractivity contribution is 6.32. The summed E-state index contributed by atoms with van der Waals surface area (Å²) in [5.74, 6) is 1.19. The number of benzene rings is 1. The van der Waals surface area contributed by atoms with Crippen LogP contribution in [0.15, 0.2) is 12.1 Å². The third kappa shape index (κ3) is 7.60. The lowest BCUT2D eigenvalue weighted by Crippen LogP contribution is -2.45. The molecule has 138 valence electrons. The second kappa shape index (κ2) is 9.97. The normalized spacial score (nSPS) is 11.0. The number of halogens is 2. The Kier molecular flexibility index (Phi) is 9.48. The summed E-state index contributed by atoms with van der Waals surface area (Å²) >= 11 is 6.25. The predicted octanol–water partition coefficient (Wildman–Crippen LogP) is 3.66. The van der Waals surface area contributed by atoms with Crippen molar-refractivity contribution in [3.05, 3.63) is 22.7 Å². The number of nitrogens with one attached hydrogen (secondary N) is 1. The summed E-state index contributed by atoms with van der Waals surface area (Å²) in [5.41, 5.74) is 5.79. The molecule has 0 aliphatic rings. The monoisotopic (exact) mass is 378 g/mol. The van der Waals surface area contributed by atoms with Gasteiger partial charge < -0.3 is 20.5 Å². The second-order valence-electron chi connectivity index (χ2n) is 6.69. The van der Waals surface area contributed by atoms with Crippen LogP contribution in [-0.2, 0) is 0 Å². The molecule has 1 aromatic carbocycles. The van der Waals surface area contributed by atoms with Gasteiger partial charge in [-0.1, -0.05) is 25.4 Å². The number of carbonyl (C=O) groups excluding carboxylic acids is 1. The minimum absolute atomic E-state index is 0. The Morgan fingerprint density at radius 1 is 1.38 bits per heavy atom. The topological polar surface area (TPSA) is 73.6 Å². The number of hydrogen-bond donors (Lipinski definition) is 2. The number of methoxy groups -OCH3 is 1. The van der Waals surface area contributed by atoms with Gasteiger partial charge >= 0.3 is 0 Å². The third-order valence-electron chi connectivity index (χ3n) is 3.14. The van der Waals surface area contributed by atoms with Crippen LogP contribution in [0.2, 0.25) is 5.02 Å².